The Morgan fingerprint density at radius 1 is 1.15 bits per heavy atom. The van der Waals surface area contributed by atoms with Gasteiger partial charge in [0.1, 0.15) is 17.7 Å². The second kappa shape index (κ2) is 13.3. The van der Waals surface area contributed by atoms with Crippen molar-refractivity contribution in [2.24, 2.45) is 0 Å². The van der Waals surface area contributed by atoms with Crippen LogP contribution in [0.4, 0.5) is 4.79 Å². The molecule has 0 saturated carbocycles. The summed E-state index contributed by atoms with van der Waals surface area (Å²) in [7, 11) is 0. The minimum atomic E-state index is -0.865. The Hall–Kier alpha value is -2.48. The number of nitrogens with one attached hydrogen (secondary N) is 2. The largest absolute Gasteiger partial charge is 0.444 e. The number of carbonyl (C=O) groups excluding carboxylic acids is 3. The van der Waals surface area contributed by atoms with Gasteiger partial charge in [0.25, 0.3) is 0 Å². The van der Waals surface area contributed by atoms with E-state index in [4.69, 9.17) is 4.74 Å². The summed E-state index contributed by atoms with van der Waals surface area (Å²) in [6.07, 6.45) is 3.25. The fraction of sp³-hybridized carbons (Fsp3) is 0.560. The zero-order valence-electron chi connectivity index (χ0n) is 20.9. The summed E-state index contributed by atoms with van der Waals surface area (Å²) in [6.45, 7) is 14.9. The van der Waals surface area contributed by atoms with E-state index < -0.39 is 23.8 Å². The zero-order chi connectivity index (χ0) is 25.2. The SMILES string of the molecule is C=CCN(C(=O)C(CCSC)NC(=O)OC(C)(C)C)C(C(=O)NC(C)C)c1ccc(C)cc1. The molecule has 2 unspecified atom stereocenters. The van der Waals surface area contributed by atoms with E-state index in [1.54, 1.807) is 38.6 Å². The molecule has 1 rings (SSSR count). The van der Waals surface area contributed by atoms with Gasteiger partial charge in [0, 0.05) is 12.6 Å². The Morgan fingerprint density at radius 2 is 1.76 bits per heavy atom. The highest BCUT2D eigenvalue weighted by atomic mass is 32.2. The number of aryl methyl sites for hydroxylation is 1. The number of hydrogen-bond donors (Lipinski definition) is 2. The molecule has 0 aliphatic heterocycles. The van der Waals surface area contributed by atoms with E-state index in [0.29, 0.717) is 17.7 Å². The molecule has 33 heavy (non-hydrogen) atoms. The maximum Gasteiger partial charge on any atom is 0.408 e. The lowest BCUT2D eigenvalue weighted by Crippen LogP contribution is -2.53. The molecule has 0 heterocycles. The van der Waals surface area contributed by atoms with Crippen molar-refractivity contribution in [1.29, 1.82) is 0 Å². The van der Waals surface area contributed by atoms with Crippen molar-refractivity contribution in [1.82, 2.24) is 15.5 Å². The normalized spacial score (nSPS) is 13.1. The van der Waals surface area contributed by atoms with Crippen LogP contribution in [0.15, 0.2) is 36.9 Å². The summed E-state index contributed by atoms with van der Waals surface area (Å²) in [5.74, 6) is 0.00543. The molecule has 1 aromatic carbocycles. The van der Waals surface area contributed by atoms with E-state index in [9.17, 15) is 14.4 Å². The molecular weight excluding hydrogens is 438 g/mol. The number of thioether (sulfide) groups is 1. The highest BCUT2D eigenvalue weighted by Gasteiger charge is 2.35. The van der Waals surface area contributed by atoms with Crippen LogP contribution in [0.2, 0.25) is 0 Å². The molecule has 7 nitrogen and oxygen atoms in total. The standard InChI is InChI=1S/C25H39N3O4S/c1-9-15-28(21(22(29)26-17(2)3)19-12-10-18(4)11-13-19)23(30)20(14-16-33-8)27-24(31)32-25(5,6)7/h9-13,17,20-21H,1,14-16H2,2-8H3,(H,26,29)(H,27,31). The van der Waals surface area contributed by atoms with Crippen LogP contribution in [-0.4, -0.2) is 59.0 Å². The van der Waals surface area contributed by atoms with Gasteiger partial charge < -0.3 is 20.3 Å². The number of benzene rings is 1. The highest BCUT2D eigenvalue weighted by molar-refractivity contribution is 7.98. The number of rotatable bonds is 11. The van der Waals surface area contributed by atoms with Gasteiger partial charge in [-0.25, -0.2) is 4.79 Å². The first kappa shape index (κ1) is 28.6. The lowest BCUT2D eigenvalue weighted by Gasteiger charge is -2.34. The van der Waals surface area contributed by atoms with Crippen LogP contribution >= 0.6 is 11.8 Å². The predicted octanol–water partition coefficient (Wildman–Crippen LogP) is 4.22. The van der Waals surface area contributed by atoms with Gasteiger partial charge in [-0.3, -0.25) is 9.59 Å². The Kier molecular flexibility index (Phi) is 11.5. The van der Waals surface area contributed by atoms with Crippen molar-refractivity contribution < 1.29 is 19.1 Å². The average molecular weight is 478 g/mol. The fourth-order valence-corrected chi connectivity index (χ4v) is 3.66. The molecule has 0 fully saturated rings. The molecule has 2 N–H and O–H groups in total. The summed E-state index contributed by atoms with van der Waals surface area (Å²) in [5, 5.41) is 5.63. The second-order valence-corrected chi connectivity index (χ2v) is 10.2. The molecule has 8 heteroatoms. The van der Waals surface area contributed by atoms with Gasteiger partial charge in [-0.2, -0.15) is 11.8 Å². The molecule has 0 spiro atoms. The third kappa shape index (κ3) is 9.90. The van der Waals surface area contributed by atoms with Crippen LogP contribution in [0.1, 0.15) is 58.2 Å². The van der Waals surface area contributed by atoms with E-state index in [1.165, 1.54) is 4.90 Å². The Labute approximate surface area is 202 Å². The molecule has 1 aromatic rings. The first-order valence-electron chi connectivity index (χ1n) is 11.2. The van der Waals surface area contributed by atoms with Gasteiger partial charge in [0.05, 0.1) is 0 Å². The van der Waals surface area contributed by atoms with Crippen molar-refractivity contribution in [2.75, 3.05) is 18.6 Å². The Bertz CT molecular complexity index is 803. The van der Waals surface area contributed by atoms with Crippen LogP contribution in [0, 0.1) is 6.92 Å². The lowest BCUT2D eigenvalue weighted by molar-refractivity contribution is -0.142. The van der Waals surface area contributed by atoms with Gasteiger partial charge >= 0.3 is 6.09 Å². The molecule has 0 aliphatic carbocycles. The molecule has 2 atom stereocenters. The van der Waals surface area contributed by atoms with Crippen LogP contribution in [0.3, 0.4) is 0 Å². The average Bonchev–Trinajstić information content (AvgIpc) is 2.69. The molecule has 0 aromatic heterocycles. The topological polar surface area (TPSA) is 87.7 Å². The van der Waals surface area contributed by atoms with Gasteiger partial charge in [-0.05, 0) is 65.5 Å². The van der Waals surface area contributed by atoms with E-state index in [1.807, 2.05) is 51.3 Å². The third-order valence-electron chi connectivity index (χ3n) is 4.59. The van der Waals surface area contributed by atoms with Crippen molar-refractivity contribution in [3.63, 3.8) is 0 Å². The maximum absolute atomic E-state index is 13.7. The van der Waals surface area contributed by atoms with Gasteiger partial charge in [0.2, 0.25) is 11.8 Å². The smallest absolute Gasteiger partial charge is 0.408 e. The molecule has 0 radical (unpaired) electrons. The first-order valence-corrected chi connectivity index (χ1v) is 12.6. The Balaban J connectivity index is 3.36. The number of amides is 3. The summed E-state index contributed by atoms with van der Waals surface area (Å²) >= 11 is 1.57. The monoisotopic (exact) mass is 477 g/mol. The lowest BCUT2D eigenvalue weighted by atomic mass is 10.0. The maximum atomic E-state index is 13.7. The van der Waals surface area contributed by atoms with E-state index in [2.05, 4.69) is 17.2 Å². The van der Waals surface area contributed by atoms with Crippen LogP contribution in [0.5, 0.6) is 0 Å². The van der Waals surface area contributed by atoms with E-state index >= 15 is 0 Å². The van der Waals surface area contributed by atoms with Crippen molar-refractivity contribution in [3.8, 4) is 0 Å². The molecule has 3 amide bonds. The number of carbonyl (C=O) groups is 3. The van der Waals surface area contributed by atoms with Crippen molar-refractivity contribution in [3.05, 3.63) is 48.0 Å². The molecule has 184 valence electrons. The highest BCUT2D eigenvalue weighted by Crippen LogP contribution is 2.24. The van der Waals surface area contributed by atoms with Crippen LogP contribution in [-0.2, 0) is 14.3 Å². The molecule has 0 aliphatic rings. The molecule has 0 saturated heterocycles. The predicted molar refractivity (Wildman–Crippen MR) is 135 cm³/mol. The van der Waals surface area contributed by atoms with Gasteiger partial charge in [-0.15, -0.1) is 6.58 Å². The first-order chi connectivity index (χ1) is 15.4. The summed E-state index contributed by atoms with van der Waals surface area (Å²) in [6, 6.07) is 5.71. The Morgan fingerprint density at radius 3 is 2.24 bits per heavy atom. The molecule has 0 bridgehead atoms. The minimum absolute atomic E-state index is 0.0988. The van der Waals surface area contributed by atoms with Gasteiger partial charge in [0.15, 0.2) is 0 Å². The van der Waals surface area contributed by atoms with Crippen molar-refractivity contribution >= 4 is 29.7 Å². The summed E-state index contributed by atoms with van der Waals surface area (Å²) < 4.78 is 5.37. The third-order valence-corrected chi connectivity index (χ3v) is 5.24. The number of nitrogens with zero attached hydrogens (tertiary/aromatic N) is 1. The number of hydrogen-bond acceptors (Lipinski definition) is 5. The second-order valence-electron chi connectivity index (χ2n) is 9.24. The summed E-state index contributed by atoms with van der Waals surface area (Å²) in [4.78, 5) is 40.9. The quantitative estimate of drug-likeness (QED) is 0.466. The van der Waals surface area contributed by atoms with E-state index in [-0.39, 0.29) is 24.4 Å². The zero-order valence-corrected chi connectivity index (χ0v) is 21.8. The van der Waals surface area contributed by atoms with Crippen LogP contribution < -0.4 is 10.6 Å². The number of alkyl carbamates (subject to hydrolysis) is 1. The van der Waals surface area contributed by atoms with Crippen molar-refractivity contribution in [2.45, 2.75) is 71.7 Å². The van der Waals surface area contributed by atoms with Crippen LogP contribution in [0.25, 0.3) is 0 Å². The van der Waals surface area contributed by atoms with E-state index in [0.717, 1.165) is 5.56 Å². The minimum Gasteiger partial charge on any atom is -0.444 e. The number of ether oxygens (including phenoxy) is 1. The fourth-order valence-electron chi connectivity index (χ4n) is 3.19. The molecular formula is C25H39N3O4S. The summed E-state index contributed by atoms with van der Waals surface area (Å²) in [5.41, 5.74) is 1.04. The van der Waals surface area contributed by atoms with Gasteiger partial charge in [-0.1, -0.05) is 35.9 Å².